The zero-order chi connectivity index (χ0) is 9.68. The van der Waals surface area contributed by atoms with E-state index >= 15 is 0 Å². The lowest BCUT2D eigenvalue weighted by atomic mass is 10.2. The molecule has 0 aliphatic heterocycles. The van der Waals surface area contributed by atoms with Crippen molar-refractivity contribution in [3.05, 3.63) is 22.9 Å². The van der Waals surface area contributed by atoms with Crippen molar-refractivity contribution in [2.75, 3.05) is 0 Å². The maximum absolute atomic E-state index is 5.73. The zero-order valence-electron chi connectivity index (χ0n) is 7.96. The normalized spacial score (nSPS) is 10.5. The molecule has 0 aliphatic carbocycles. The number of ether oxygens (including phenoxy) is 1. The van der Waals surface area contributed by atoms with E-state index in [9.17, 15) is 0 Å². The number of aromatic nitrogens is 1. The maximum atomic E-state index is 5.73. The van der Waals surface area contributed by atoms with Crippen LogP contribution in [0.15, 0.2) is 22.9 Å². The molecule has 1 aromatic rings. The van der Waals surface area contributed by atoms with Crippen molar-refractivity contribution in [3.63, 3.8) is 0 Å². The molecular weight excluding hydrogens is 230 g/mol. The van der Waals surface area contributed by atoms with Gasteiger partial charge in [-0.25, -0.2) is 4.98 Å². The summed E-state index contributed by atoms with van der Waals surface area (Å²) < 4.78 is 6.51. The van der Waals surface area contributed by atoms with E-state index in [1.54, 1.807) is 6.20 Å². The van der Waals surface area contributed by atoms with Crippen molar-refractivity contribution in [2.45, 2.75) is 32.8 Å². The van der Waals surface area contributed by atoms with Crippen molar-refractivity contribution in [1.82, 2.24) is 4.98 Å². The summed E-state index contributed by atoms with van der Waals surface area (Å²) in [4.78, 5) is 4.09. The molecule has 0 saturated carbocycles. The minimum atomic E-state index is 0.292. The molecule has 0 N–H and O–H groups in total. The smallest absolute Gasteiger partial charge is 0.152 e. The summed E-state index contributed by atoms with van der Waals surface area (Å²) in [6.07, 6.45) is 4.08. The van der Waals surface area contributed by atoms with Gasteiger partial charge in [0.25, 0.3) is 0 Å². The molecule has 0 fully saturated rings. The Kier molecular flexibility index (Phi) is 4.22. The lowest BCUT2D eigenvalue weighted by Crippen LogP contribution is -2.13. The topological polar surface area (TPSA) is 22.1 Å². The van der Waals surface area contributed by atoms with Crippen LogP contribution < -0.4 is 4.74 Å². The van der Waals surface area contributed by atoms with Crippen molar-refractivity contribution >= 4 is 15.9 Å². The van der Waals surface area contributed by atoms with Crippen molar-refractivity contribution in [2.24, 2.45) is 0 Å². The maximum Gasteiger partial charge on any atom is 0.152 e. The molecule has 3 heteroatoms. The van der Waals surface area contributed by atoms with Crippen LogP contribution in [-0.4, -0.2) is 11.1 Å². The lowest BCUT2D eigenvalue weighted by Gasteiger charge is -2.15. The highest BCUT2D eigenvalue weighted by molar-refractivity contribution is 9.10. The summed E-state index contributed by atoms with van der Waals surface area (Å²) in [7, 11) is 0. The molecule has 0 aromatic carbocycles. The van der Waals surface area contributed by atoms with Crippen LogP contribution in [0, 0.1) is 0 Å². The fraction of sp³-hybridized carbons (Fsp3) is 0.500. The minimum Gasteiger partial charge on any atom is -0.488 e. The van der Waals surface area contributed by atoms with Gasteiger partial charge in [-0.2, -0.15) is 0 Å². The van der Waals surface area contributed by atoms with Crippen LogP contribution in [0.2, 0.25) is 0 Å². The van der Waals surface area contributed by atoms with Gasteiger partial charge in [0.2, 0.25) is 0 Å². The van der Waals surface area contributed by atoms with Gasteiger partial charge in [0, 0.05) is 6.20 Å². The number of halogens is 1. The van der Waals surface area contributed by atoms with Crippen LogP contribution in [0.25, 0.3) is 0 Å². The minimum absolute atomic E-state index is 0.292. The van der Waals surface area contributed by atoms with E-state index < -0.39 is 0 Å². The molecule has 0 radical (unpaired) electrons. The Balaban J connectivity index is 2.67. The fourth-order valence-electron chi connectivity index (χ4n) is 1.09. The Labute approximate surface area is 87.5 Å². The van der Waals surface area contributed by atoms with Crippen molar-refractivity contribution in [3.8, 4) is 5.75 Å². The predicted molar refractivity (Wildman–Crippen MR) is 56.9 cm³/mol. The number of rotatable bonds is 4. The lowest BCUT2D eigenvalue weighted by molar-refractivity contribution is 0.190. The van der Waals surface area contributed by atoms with Gasteiger partial charge in [0.15, 0.2) is 5.75 Å². The third-order valence-corrected chi connectivity index (χ3v) is 2.52. The summed E-state index contributed by atoms with van der Waals surface area (Å²) in [5.41, 5.74) is 0. The van der Waals surface area contributed by atoms with E-state index in [0.717, 1.165) is 23.2 Å². The Bertz CT molecular complexity index is 261. The van der Waals surface area contributed by atoms with E-state index in [4.69, 9.17) is 4.74 Å². The SMILES string of the molecule is CCC(CC)Oc1cccnc1Br. The molecule has 0 unspecified atom stereocenters. The van der Waals surface area contributed by atoms with Crippen LogP contribution in [0.5, 0.6) is 5.75 Å². The summed E-state index contributed by atoms with van der Waals surface area (Å²) in [5.74, 6) is 0.830. The molecule has 0 atom stereocenters. The standard InChI is InChI=1S/C10H14BrNO/c1-3-8(4-2)13-9-6-5-7-12-10(9)11/h5-8H,3-4H2,1-2H3. The molecule has 13 heavy (non-hydrogen) atoms. The van der Waals surface area contributed by atoms with Gasteiger partial charge in [-0.05, 0) is 40.9 Å². The van der Waals surface area contributed by atoms with Gasteiger partial charge >= 0.3 is 0 Å². The summed E-state index contributed by atoms with van der Waals surface area (Å²) in [5, 5.41) is 0. The molecule has 1 rings (SSSR count). The van der Waals surface area contributed by atoms with Crippen molar-refractivity contribution < 1.29 is 4.74 Å². The average molecular weight is 244 g/mol. The Hall–Kier alpha value is -0.570. The average Bonchev–Trinajstić information content (AvgIpc) is 2.17. The molecule has 1 aromatic heterocycles. The monoisotopic (exact) mass is 243 g/mol. The number of hydrogen-bond donors (Lipinski definition) is 0. The van der Waals surface area contributed by atoms with E-state index in [1.807, 2.05) is 12.1 Å². The molecule has 1 heterocycles. The largest absolute Gasteiger partial charge is 0.488 e. The second-order valence-corrected chi connectivity index (χ2v) is 3.60. The third-order valence-electron chi connectivity index (χ3n) is 1.93. The molecule has 72 valence electrons. The van der Waals surface area contributed by atoms with Gasteiger partial charge < -0.3 is 4.74 Å². The first kappa shape index (κ1) is 10.5. The Morgan fingerprint density at radius 2 is 2.15 bits per heavy atom. The first-order valence-corrected chi connectivity index (χ1v) is 5.34. The van der Waals surface area contributed by atoms with Gasteiger partial charge in [-0.15, -0.1) is 0 Å². The fourth-order valence-corrected chi connectivity index (χ4v) is 1.44. The van der Waals surface area contributed by atoms with Crippen LogP contribution in [-0.2, 0) is 0 Å². The Morgan fingerprint density at radius 3 is 2.69 bits per heavy atom. The van der Waals surface area contributed by atoms with Gasteiger partial charge in [0.05, 0.1) is 6.10 Å². The van der Waals surface area contributed by atoms with Crippen LogP contribution in [0.3, 0.4) is 0 Å². The number of hydrogen-bond acceptors (Lipinski definition) is 2. The first-order valence-electron chi connectivity index (χ1n) is 4.55. The quantitative estimate of drug-likeness (QED) is 0.757. The van der Waals surface area contributed by atoms with Crippen LogP contribution in [0.4, 0.5) is 0 Å². The second kappa shape index (κ2) is 5.22. The van der Waals surface area contributed by atoms with Gasteiger partial charge in [-0.3, -0.25) is 0 Å². The number of pyridine rings is 1. The van der Waals surface area contributed by atoms with E-state index in [-0.39, 0.29) is 0 Å². The summed E-state index contributed by atoms with van der Waals surface area (Å²) >= 11 is 3.35. The summed E-state index contributed by atoms with van der Waals surface area (Å²) in [6.45, 7) is 4.25. The molecular formula is C10H14BrNO. The second-order valence-electron chi connectivity index (χ2n) is 2.85. The molecule has 0 amide bonds. The first-order chi connectivity index (χ1) is 6.27. The van der Waals surface area contributed by atoms with E-state index in [0.29, 0.717) is 6.10 Å². The zero-order valence-corrected chi connectivity index (χ0v) is 9.54. The highest BCUT2D eigenvalue weighted by Crippen LogP contribution is 2.23. The predicted octanol–water partition coefficient (Wildman–Crippen LogP) is 3.41. The molecule has 2 nitrogen and oxygen atoms in total. The molecule has 0 aliphatic rings. The summed E-state index contributed by atoms with van der Waals surface area (Å²) in [6, 6.07) is 3.80. The van der Waals surface area contributed by atoms with Crippen molar-refractivity contribution in [1.29, 1.82) is 0 Å². The third kappa shape index (κ3) is 2.99. The van der Waals surface area contributed by atoms with E-state index in [1.165, 1.54) is 0 Å². The van der Waals surface area contributed by atoms with Crippen LogP contribution in [0.1, 0.15) is 26.7 Å². The van der Waals surface area contributed by atoms with Gasteiger partial charge in [-0.1, -0.05) is 13.8 Å². The van der Waals surface area contributed by atoms with Crippen LogP contribution >= 0.6 is 15.9 Å². The van der Waals surface area contributed by atoms with Gasteiger partial charge in [0.1, 0.15) is 4.60 Å². The Morgan fingerprint density at radius 1 is 1.46 bits per heavy atom. The molecule has 0 bridgehead atoms. The molecule has 0 spiro atoms. The van der Waals surface area contributed by atoms with E-state index in [2.05, 4.69) is 34.8 Å². The highest BCUT2D eigenvalue weighted by Gasteiger charge is 2.07. The molecule has 0 saturated heterocycles. The highest BCUT2D eigenvalue weighted by atomic mass is 79.9. The number of nitrogens with zero attached hydrogens (tertiary/aromatic N) is 1.